The number of carbonyl (C=O) groups is 2. The molecule has 0 aromatic heterocycles. The third-order valence-corrected chi connectivity index (χ3v) is 3.34. The van der Waals surface area contributed by atoms with Crippen LogP contribution in [0.1, 0.15) is 51.9 Å². The summed E-state index contributed by atoms with van der Waals surface area (Å²) < 4.78 is 15.2. The van der Waals surface area contributed by atoms with Gasteiger partial charge < -0.3 is 14.2 Å². The second-order valence-corrected chi connectivity index (χ2v) is 5.28. The fourth-order valence-corrected chi connectivity index (χ4v) is 1.99. The molecule has 0 saturated carbocycles. The third-order valence-electron chi connectivity index (χ3n) is 3.34. The number of rotatable bonds is 11. The Kier molecular flexibility index (Phi) is 9.52. The van der Waals surface area contributed by atoms with Crippen LogP contribution in [-0.2, 0) is 14.3 Å². The Bertz CT molecular complexity index is 467. The third kappa shape index (κ3) is 8.86. The molecule has 0 saturated heterocycles. The summed E-state index contributed by atoms with van der Waals surface area (Å²) in [5, 5.41) is 0. The van der Waals surface area contributed by atoms with Crippen LogP contribution in [-0.4, -0.2) is 25.7 Å². The van der Waals surface area contributed by atoms with Gasteiger partial charge in [0.2, 0.25) is 0 Å². The second kappa shape index (κ2) is 11.5. The predicted octanol–water partition coefficient (Wildman–Crippen LogP) is 3.89. The highest BCUT2D eigenvalue weighted by Crippen LogP contribution is 2.17. The summed E-state index contributed by atoms with van der Waals surface area (Å²) in [7, 11) is 1.57. The molecule has 1 aromatic rings. The first-order chi connectivity index (χ1) is 11.2. The predicted molar refractivity (Wildman–Crippen MR) is 87.6 cm³/mol. The van der Waals surface area contributed by atoms with Gasteiger partial charge >= 0.3 is 11.9 Å². The lowest BCUT2D eigenvalue weighted by molar-refractivity contribution is -0.147. The molecule has 5 heteroatoms. The lowest BCUT2D eigenvalue weighted by Gasteiger charge is -2.06. The fourth-order valence-electron chi connectivity index (χ4n) is 1.99. The molecule has 128 valence electrons. The van der Waals surface area contributed by atoms with Gasteiger partial charge in [0.15, 0.2) is 0 Å². The van der Waals surface area contributed by atoms with Crippen LogP contribution in [0, 0.1) is 0 Å². The van der Waals surface area contributed by atoms with Gasteiger partial charge in [-0.3, -0.25) is 9.59 Å². The molecule has 0 aliphatic carbocycles. The topological polar surface area (TPSA) is 61.8 Å². The van der Waals surface area contributed by atoms with E-state index in [9.17, 15) is 9.59 Å². The molecule has 0 heterocycles. The normalized spacial score (nSPS) is 10.2. The number of carbonyl (C=O) groups excluding carboxylic acids is 2. The summed E-state index contributed by atoms with van der Waals surface area (Å²) in [6.07, 6.45) is 5.58. The first-order valence-corrected chi connectivity index (χ1v) is 8.16. The first-order valence-electron chi connectivity index (χ1n) is 8.16. The number of methoxy groups -OCH3 is 1. The zero-order valence-corrected chi connectivity index (χ0v) is 14.0. The molecule has 0 radical (unpaired) electrons. The Morgan fingerprint density at radius 2 is 1.48 bits per heavy atom. The van der Waals surface area contributed by atoms with Crippen molar-refractivity contribution in [1.82, 2.24) is 0 Å². The van der Waals surface area contributed by atoms with Crippen molar-refractivity contribution in [2.75, 3.05) is 13.7 Å². The smallest absolute Gasteiger partial charge is 0.311 e. The number of hydrogen-bond donors (Lipinski definition) is 0. The quantitative estimate of drug-likeness (QED) is 0.351. The summed E-state index contributed by atoms with van der Waals surface area (Å²) in [6.45, 7) is 2.58. The molecule has 0 fully saturated rings. The average molecular weight is 322 g/mol. The van der Waals surface area contributed by atoms with Crippen molar-refractivity contribution in [2.45, 2.75) is 51.9 Å². The largest absolute Gasteiger partial charge is 0.497 e. The van der Waals surface area contributed by atoms with Gasteiger partial charge in [0.25, 0.3) is 0 Å². The molecular weight excluding hydrogens is 296 g/mol. The molecule has 0 amide bonds. The number of hydrogen-bond acceptors (Lipinski definition) is 5. The van der Waals surface area contributed by atoms with E-state index in [4.69, 9.17) is 14.2 Å². The highest BCUT2D eigenvalue weighted by atomic mass is 16.5. The molecule has 23 heavy (non-hydrogen) atoms. The van der Waals surface area contributed by atoms with E-state index >= 15 is 0 Å². The highest BCUT2D eigenvalue weighted by Gasteiger charge is 2.10. The maximum atomic E-state index is 11.7. The minimum atomic E-state index is -0.449. The Morgan fingerprint density at radius 3 is 2.13 bits per heavy atom. The van der Waals surface area contributed by atoms with E-state index in [1.165, 1.54) is 19.3 Å². The van der Waals surface area contributed by atoms with Crippen LogP contribution in [0.3, 0.4) is 0 Å². The highest BCUT2D eigenvalue weighted by molar-refractivity contribution is 5.79. The molecule has 1 aromatic carbocycles. The molecule has 0 atom stereocenters. The van der Waals surface area contributed by atoms with E-state index < -0.39 is 5.97 Å². The molecule has 0 N–H and O–H groups in total. The van der Waals surface area contributed by atoms with Gasteiger partial charge in [0.05, 0.1) is 26.6 Å². The number of benzene rings is 1. The van der Waals surface area contributed by atoms with Crippen LogP contribution >= 0.6 is 0 Å². The van der Waals surface area contributed by atoms with Crippen molar-refractivity contribution < 1.29 is 23.8 Å². The zero-order chi connectivity index (χ0) is 16.9. The van der Waals surface area contributed by atoms with Crippen LogP contribution in [0.25, 0.3) is 0 Å². The zero-order valence-electron chi connectivity index (χ0n) is 14.0. The molecule has 0 bridgehead atoms. The number of ether oxygens (including phenoxy) is 3. The summed E-state index contributed by atoms with van der Waals surface area (Å²) in [4.78, 5) is 23.2. The second-order valence-electron chi connectivity index (χ2n) is 5.28. The van der Waals surface area contributed by atoms with Crippen molar-refractivity contribution in [3.63, 3.8) is 0 Å². The molecule has 0 aliphatic heterocycles. The monoisotopic (exact) mass is 322 g/mol. The minimum Gasteiger partial charge on any atom is -0.497 e. The molecule has 1 rings (SSSR count). The van der Waals surface area contributed by atoms with Gasteiger partial charge in [0, 0.05) is 0 Å². The standard InChI is InChI=1S/C18H26O5/c1-3-4-5-6-7-14-22-17(19)12-13-18(20)23-16-10-8-15(21-2)9-11-16/h8-11H,3-7,12-14H2,1-2H3. The maximum absolute atomic E-state index is 11.7. The van der Waals surface area contributed by atoms with E-state index in [2.05, 4.69) is 6.92 Å². The summed E-state index contributed by atoms with van der Waals surface area (Å²) >= 11 is 0. The van der Waals surface area contributed by atoms with Gasteiger partial charge in [-0.2, -0.15) is 0 Å². The van der Waals surface area contributed by atoms with Crippen LogP contribution in [0.5, 0.6) is 11.5 Å². The van der Waals surface area contributed by atoms with E-state index in [-0.39, 0.29) is 18.8 Å². The summed E-state index contributed by atoms with van der Waals surface area (Å²) in [5.74, 6) is 0.314. The van der Waals surface area contributed by atoms with Gasteiger partial charge in [0.1, 0.15) is 11.5 Å². The lowest BCUT2D eigenvalue weighted by Crippen LogP contribution is -2.12. The number of esters is 2. The fraction of sp³-hybridized carbons (Fsp3) is 0.556. The summed E-state index contributed by atoms with van der Waals surface area (Å²) in [5.41, 5.74) is 0. The Morgan fingerprint density at radius 1 is 0.870 bits per heavy atom. The van der Waals surface area contributed by atoms with Crippen molar-refractivity contribution in [2.24, 2.45) is 0 Å². The molecule has 5 nitrogen and oxygen atoms in total. The molecular formula is C18H26O5. The van der Waals surface area contributed by atoms with E-state index in [1.54, 1.807) is 31.4 Å². The lowest BCUT2D eigenvalue weighted by atomic mass is 10.2. The van der Waals surface area contributed by atoms with Gasteiger partial charge in [-0.25, -0.2) is 0 Å². The van der Waals surface area contributed by atoms with Crippen LogP contribution in [0.2, 0.25) is 0 Å². The Balaban J connectivity index is 2.13. The van der Waals surface area contributed by atoms with Gasteiger partial charge in [-0.15, -0.1) is 0 Å². The van der Waals surface area contributed by atoms with E-state index in [1.807, 2.05) is 0 Å². The van der Waals surface area contributed by atoms with Crippen molar-refractivity contribution in [3.05, 3.63) is 24.3 Å². The van der Waals surface area contributed by atoms with E-state index in [0.717, 1.165) is 12.8 Å². The maximum Gasteiger partial charge on any atom is 0.311 e. The molecule has 0 aliphatic rings. The average Bonchev–Trinajstić information content (AvgIpc) is 2.57. The van der Waals surface area contributed by atoms with E-state index in [0.29, 0.717) is 18.1 Å². The van der Waals surface area contributed by atoms with Gasteiger partial charge in [-0.05, 0) is 30.7 Å². The minimum absolute atomic E-state index is 0.0146. The first kappa shape index (κ1) is 19.0. The van der Waals surface area contributed by atoms with Gasteiger partial charge in [-0.1, -0.05) is 32.6 Å². The van der Waals surface area contributed by atoms with Crippen LogP contribution in [0.4, 0.5) is 0 Å². The van der Waals surface area contributed by atoms with Crippen molar-refractivity contribution >= 4 is 11.9 Å². The molecule has 0 unspecified atom stereocenters. The van der Waals surface area contributed by atoms with Crippen LogP contribution < -0.4 is 9.47 Å². The Hall–Kier alpha value is -2.04. The SMILES string of the molecule is CCCCCCCOC(=O)CCC(=O)Oc1ccc(OC)cc1. The van der Waals surface area contributed by atoms with Crippen molar-refractivity contribution in [1.29, 1.82) is 0 Å². The Labute approximate surface area is 137 Å². The molecule has 0 spiro atoms. The summed E-state index contributed by atoms with van der Waals surface area (Å²) in [6, 6.07) is 6.70. The van der Waals surface area contributed by atoms with Crippen LogP contribution in [0.15, 0.2) is 24.3 Å². The van der Waals surface area contributed by atoms with Crippen molar-refractivity contribution in [3.8, 4) is 11.5 Å². The number of unbranched alkanes of at least 4 members (excludes halogenated alkanes) is 4.